The molecule has 3 aromatic rings. The summed E-state index contributed by atoms with van der Waals surface area (Å²) in [6.07, 6.45) is 0. The predicted octanol–water partition coefficient (Wildman–Crippen LogP) is 4.67. The molecule has 1 aromatic heterocycles. The van der Waals surface area contributed by atoms with Gasteiger partial charge >= 0.3 is 0 Å². The van der Waals surface area contributed by atoms with Crippen LogP contribution < -0.4 is 4.74 Å². The molecule has 0 amide bonds. The van der Waals surface area contributed by atoms with Gasteiger partial charge in [-0.05, 0) is 24.3 Å². The van der Waals surface area contributed by atoms with Gasteiger partial charge in [-0.25, -0.2) is 9.37 Å². The summed E-state index contributed by atoms with van der Waals surface area (Å²) in [6.45, 7) is 0. The van der Waals surface area contributed by atoms with Crippen LogP contribution in [0.4, 0.5) is 4.39 Å². The Hall–Kier alpha value is -1.86. The van der Waals surface area contributed by atoms with Gasteiger partial charge in [-0.3, -0.25) is 5.10 Å². The van der Waals surface area contributed by atoms with E-state index in [1.165, 1.54) is 23.9 Å². The van der Waals surface area contributed by atoms with Crippen LogP contribution in [0.2, 0.25) is 0 Å². The Morgan fingerprint density at radius 2 is 2.09 bits per heavy atom. The molecule has 118 valence electrons. The molecule has 0 fully saturated rings. The van der Waals surface area contributed by atoms with Crippen LogP contribution in [0, 0.1) is 5.82 Å². The Balaban J connectivity index is 1.76. The molecular formula is C16H13BrFN3OS. The van der Waals surface area contributed by atoms with E-state index in [1.54, 1.807) is 13.2 Å². The van der Waals surface area contributed by atoms with E-state index in [9.17, 15) is 4.39 Å². The lowest BCUT2D eigenvalue weighted by molar-refractivity contribution is 0.410. The summed E-state index contributed by atoms with van der Waals surface area (Å²) in [7, 11) is 1.57. The zero-order valence-electron chi connectivity index (χ0n) is 12.2. The molecule has 0 aliphatic heterocycles. The zero-order valence-corrected chi connectivity index (χ0v) is 14.6. The Bertz CT molecular complexity index is 825. The molecular weight excluding hydrogens is 381 g/mol. The van der Waals surface area contributed by atoms with Crippen LogP contribution in [-0.4, -0.2) is 22.3 Å². The van der Waals surface area contributed by atoms with Gasteiger partial charge in [0.1, 0.15) is 11.6 Å². The number of aromatic nitrogens is 3. The van der Waals surface area contributed by atoms with Crippen molar-refractivity contribution < 1.29 is 9.13 Å². The highest BCUT2D eigenvalue weighted by Crippen LogP contribution is 2.29. The summed E-state index contributed by atoms with van der Waals surface area (Å²) in [5.74, 6) is 1.57. The average molecular weight is 394 g/mol. The molecule has 4 nitrogen and oxygen atoms in total. The molecule has 0 radical (unpaired) electrons. The number of ether oxygens (including phenoxy) is 1. The SMILES string of the molecule is COc1ccc(F)cc1CSc1n[nH]c(-c2ccccc2Br)n1. The van der Waals surface area contributed by atoms with Crippen molar-refractivity contribution >= 4 is 27.7 Å². The van der Waals surface area contributed by atoms with Gasteiger partial charge in [-0.15, -0.1) is 5.10 Å². The van der Waals surface area contributed by atoms with Crippen molar-refractivity contribution in [2.75, 3.05) is 7.11 Å². The fourth-order valence-corrected chi connectivity index (χ4v) is 3.34. The molecule has 2 aromatic carbocycles. The third kappa shape index (κ3) is 3.73. The van der Waals surface area contributed by atoms with E-state index >= 15 is 0 Å². The van der Waals surface area contributed by atoms with Crippen LogP contribution in [0.3, 0.4) is 0 Å². The van der Waals surface area contributed by atoms with Crippen molar-refractivity contribution in [1.29, 1.82) is 0 Å². The van der Waals surface area contributed by atoms with Crippen molar-refractivity contribution in [3.63, 3.8) is 0 Å². The number of halogens is 2. The predicted molar refractivity (Wildman–Crippen MR) is 92.0 cm³/mol. The first-order valence-electron chi connectivity index (χ1n) is 6.80. The lowest BCUT2D eigenvalue weighted by Crippen LogP contribution is -1.92. The molecule has 23 heavy (non-hydrogen) atoms. The van der Waals surface area contributed by atoms with Gasteiger partial charge in [0, 0.05) is 21.4 Å². The standard InChI is InChI=1S/C16H13BrFN3OS/c1-22-14-7-6-11(18)8-10(14)9-23-16-19-15(20-21-16)12-4-2-3-5-13(12)17/h2-8H,9H2,1H3,(H,19,20,21). The van der Waals surface area contributed by atoms with Crippen molar-refractivity contribution in [2.45, 2.75) is 10.9 Å². The average Bonchev–Trinajstić information content (AvgIpc) is 3.02. The zero-order chi connectivity index (χ0) is 16.2. The third-order valence-electron chi connectivity index (χ3n) is 3.19. The van der Waals surface area contributed by atoms with Crippen molar-refractivity contribution in [2.24, 2.45) is 0 Å². The first kappa shape index (κ1) is 16.0. The number of methoxy groups -OCH3 is 1. The summed E-state index contributed by atoms with van der Waals surface area (Å²) >= 11 is 4.91. The minimum absolute atomic E-state index is 0.287. The molecule has 0 saturated heterocycles. The molecule has 1 heterocycles. The molecule has 0 bridgehead atoms. The Morgan fingerprint density at radius 3 is 2.87 bits per heavy atom. The molecule has 0 saturated carbocycles. The maximum Gasteiger partial charge on any atom is 0.209 e. The van der Waals surface area contributed by atoms with Gasteiger partial charge in [-0.1, -0.05) is 45.9 Å². The second-order valence-electron chi connectivity index (χ2n) is 4.69. The van der Waals surface area contributed by atoms with Crippen molar-refractivity contribution in [1.82, 2.24) is 15.2 Å². The molecule has 3 rings (SSSR count). The molecule has 0 atom stereocenters. The van der Waals surface area contributed by atoms with Gasteiger partial charge in [-0.2, -0.15) is 0 Å². The fraction of sp³-hybridized carbons (Fsp3) is 0.125. The van der Waals surface area contributed by atoms with E-state index in [-0.39, 0.29) is 5.82 Å². The van der Waals surface area contributed by atoms with Gasteiger partial charge in [0.2, 0.25) is 5.16 Å². The molecule has 1 N–H and O–H groups in total. The van der Waals surface area contributed by atoms with E-state index in [4.69, 9.17) is 4.74 Å². The van der Waals surface area contributed by atoms with Gasteiger partial charge in [0.05, 0.1) is 7.11 Å². The first-order valence-corrected chi connectivity index (χ1v) is 8.58. The second-order valence-corrected chi connectivity index (χ2v) is 6.49. The largest absolute Gasteiger partial charge is 0.496 e. The minimum Gasteiger partial charge on any atom is -0.496 e. The number of rotatable bonds is 5. The summed E-state index contributed by atoms with van der Waals surface area (Å²) in [5, 5.41) is 7.72. The van der Waals surface area contributed by atoms with E-state index in [2.05, 4.69) is 31.1 Å². The number of nitrogens with zero attached hydrogens (tertiary/aromatic N) is 2. The summed E-state index contributed by atoms with van der Waals surface area (Å²) < 4.78 is 19.6. The number of hydrogen-bond acceptors (Lipinski definition) is 4. The number of nitrogens with one attached hydrogen (secondary N) is 1. The van der Waals surface area contributed by atoms with Gasteiger partial charge in [0.15, 0.2) is 5.82 Å². The second kappa shape index (κ2) is 7.14. The van der Waals surface area contributed by atoms with E-state index in [0.717, 1.165) is 15.6 Å². The summed E-state index contributed by atoms with van der Waals surface area (Å²) in [4.78, 5) is 4.47. The molecule has 0 spiro atoms. The quantitative estimate of drug-likeness (QED) is 0.639. The molecule has 0 aliphatic rings. The number of hydrogen-bond donors (Lipinski definition) is 1. The number of aromatic amines is 1. The molecule has 0 aliphatic carbocycles. The highest BCUT2D eigenvalue weighted by Gasteiger charge is 2.11. The summed E-state index contributed by atoms with van der Waals surface area (Å²) in [6, 6.07) is 12.2. The van der Waals surface area contributed by atoms with Crippen LogP contribution in [0.1, 0.15) is 5.56 Å². The molecule has 0 unspecified atom stereocenters. The van der Waals surface area contributed by atoms with E-state index < -0.39 is 0 Å². The van der Waals surface area contributed by atoms with Gasteiger partial charge < -0.3 is 4.74 Å². The maximum absolute atomic E-state index is 13.4. The van der Waals surface area contributed by atoms with Crippen LogP contribution >= 0.6 is 27.7 Å². The Labute approximate surface area is 145 Å². The normalized spacial score (nSPS) is 10.7. The van der Waals surface area contributed by atoms with Gasteiger partial charge in [0.25, 0.3) is 0 Å². The summed E-state index contributed by atoms with van der Waals surface area (Å²) in [5.41, 5.74) is 1.71. The lowest BCUT2D eigenvalue weighted by atomic mass is 10.2. The van der Waals surface area contributed by atoms with Crippen LogP contribution in [0.5, 0.6) is 5.75 Å². The number of benzene rings is 2. The monoisotopic (exact) mass is 393 g/mol. The fourth-order valence-electron chi connectivity index (χ4n) is 2.09. The van der Waals surface area contributed by atoms with E-state index in [1.807, 2.05) is 24.3 Å². The van der Waals surface area contributed by atoms with Crippen molar-refractivity contribution in [3.05, 3.63) is 58.3 Å². The Kier molecular flexibility index (Phi) is 4.97. The third-order valence-corrected chi connectivity index (χ3v) is 4.78. The van der Waals surface area contributed by atoms with Crippen molar-refractivity contribution in [3.8, 4) is 17.1 Å². The van der Waals surface area contributed by atoms with Crippen LogP contribution in [0.25, 0.3) is 11.4 Å². The van der Waals surface area contributed by atoms with Crippen LogP contribution in [0.15, 0.2) is 52.1 Å². The van der Waals surface area contributed by atoms with Crippen LogP contribution in [-0.2, 0) is 5.75 Å². The number of H-pyrrole nitrogens is 1. The lowest BCUT2D eigenvalue weighted by Gasteiger charge is -2.06. The highest BCUT2D eigenvalue weighted by atomic mass is 79.9. The maximum atomic E-state index is 13.4. The topological polar surface area (TPSA) is 50.8 Å². The Morgan fingerprint density at radius 1 is 1.26 bits per heavy atom. The minimum atomic E-state index is -0.287. The first-order chi connectivity index (χ1) is 11.2. The smallest absolute Gasteiger partial charge is 0.209 e. The van der Waals surface area contributed by atoms with E-state index in [0.29, 0.717) is 22.5 Å². The highest BCUT2D eigenvalue weighted by molar-refractivity contribution is 9.10. The number of thioether (sulfide) groups is 1. The molecule has 7 heteroatoms.